The van der Waals surface area contributed by atoms with Gasteiger partial charge in [0, 0.05) is 25.6 Å². The number of anilines is 1. The summed E-state index contributed by atoms with van der Waals surface area (Å²) in [4.78, 5) is 14.1. The molecule has 8 nitrogen and oxygen atoms in total. The van der Waals surface area contributed by atoms with Crippen LogP contribution in [0.3, 0.4) is 0 Å². The SMILES string of the molecule is COCCN(Cc1ccc(OC)c(OS(=O)(=O)c2cccc(C(F)(F)F)c2)c1)C(=O)Nc1cccc2ccccc12. The zero-order valence-electron chi connectivity index (χ0n) is 22.1. The van der Waals surface area contributed by atoms with Crippen molar-refractivity contribution in [1.82, 2.24) is 4.90 Å². The summed E-state index contributed by atoms with van der Waals surface area (Å²) in [6.45, 7) is 0.466. The van der Waals surface area contributed by atoms with Crippen LogP contribution in [0.5, 0.6) is 11.5 Å². The lowest BCUT2D eigenvalue weighted by atomic mass is 10.1. The highest BCUT2D eigenvalue weighted by Crippen LogP contribution is 2.34. The van der Waals surface area contributed by atoms with E-state index in [1.54, 1.807) is 12.1 Å². The molecule has 12 heteroatoms. The minimum absolute atomic E-state index is 0.0317. The lowest BCUT2D eigenvalue weighted by Gasteiger charge is -2.24. The minimum atomic E-state index is -4.73. The van der Waals surface area contributed by atoms with Crippen molar-refractivity contribution in [1.29, 1.82) is 0 Å². The number of hydrogen-bond donors (Lipinski definition) is 1. The van der Waals surface area contributed by atoms with Crippen LogP contribution in [-0.4, -0.2) is 46.7 Å². The Morgan fingerprint density at radius 2 is 1.63 bits per heavy atom. The second-order valence-corrected chi connectivity index (χ2v) is 10.5. The summed E-state index contributed by atoms with van der Waals surface area (Å²) in [5.74, 6) is -0.212. The average Bonchev–Trinajstić information content (AvgIpc) is 2.95. The van der Waals surface area contributed by atoms with Crippen molar-refractivity contribution in [3.05, 3.63) is 96.1 Å². The van der Waals surface area contributed by atoms with Gasteiger partial charge in [0.1, 0.15) is 4.90 Å². The van der Waals surface area contributed by atoms with E-state index in [4.69, 9.17) is 13.7 Å². The third kappa shape index (κ3) is 7.27. The van der Waals surface area contributed by atoms with Crippen molar-refractivity contribution in [3.8, 4) is 11.5 Å². The number of hydrogen-bond acceptors (Lipinski definition) is 6. The molecule has 41 heavy (non-hydrogen) atoms. The number of alkyl halides is 3. The number of halogens is 3. The molecule has 0 saturated heterocycles. The first-order valence-electron chi connectivity index (χ1n) is 12.3. The number of urea groups is 1. The molecule has 1 N–H and O–H groups in total. The van der Waals surface area contributed by atoms with Crippen molar-refractivity contribution in [2.75, 3.05) is 32.7 Å². The Morgan fingerprint density at radius 1 is 0.902 bits per heavy atom. The van der Waals surface area contributed by atoms with Crippen LogP contribution in [-0.2, 0) is 27.6 Å². The third-order valence-electron chi connectivity index (χ3n) is 6.13. The van der Waals surface area contributed by atoms with Crippen LogP contribution in [0.2, 0.25) is 0 Å². The normalized spacial score (nSPS) is 11.7. The smallest absolute Gasteiger partial charge is 0.416 e. The van der Waals surface area contributed by atoms with Gasteiger partial charge >= 0.3 is 22.3 Å². The van der Waals surface area contributed by atoms with Gasteiger partial charge in [0.15, 0.2) is 11.5 Å². The van der Waals surface area contributed by atoms with Crippen molar-refractivity contribution in [2.45, 2.75) is 17.6 Å². The molecule has 216 valence electrons. The van der Waals surface area contributed by atoms with Gasteiger partial charge in [0.2, 0.25) is 0 Å². The van der Waals surface area contributed by atoms with Gasteiger partial charge in [-0.1, -0.05) is 48.5 Å². The van der Waals surface area contributed by atoms with Crippen LogP contribution in [0.1, 0.15) is 11.1 Å². The Bertz CT molecular complexity index is 1640. The maximum Gasteiger partial charge on any atom is 0.416 e. The van der Waals surface area contributed by atoms with Gasteiger partial charge < -0.3 is 23.9 Å². The van der Waals surface area contributed by atoms with Crippen LogP contribution in [0.25, 0.3) is 10.8 Å². The molecule has 0 aliphatic carbocycles. The number of nitrogens with one attached hydrogen (secondary N) is 1. The summed E-state index contributed by atoms with van der Waals surface area (Å²) in [5.41, 5.74) is -0.0421. The third-order valence-corrected chi connectivity index (χ3v) is 7.37. The number of amides is 2. The Morgan fingerprint density at radius 3 is 2.37 bits per heavy atom. The molecule has 0 aromatic heterocycles. The van der Waals surface area contributed by atoms with E-state index in [-0.39, 0.29) is 31.2 Å². The molecule has 0 spiro atoms. The Kier molecular flexibility index (Phi) is 9.04. The second kappa shape index (κ2) is 12.5. The van der Waals surface area contributed by atoms with Crippen LogP contribution < -0.4 is 14.2 Å². The Labute approximate surface area is 235 Å². The molecular weight excluding hydrogens is 561 g/mol. The number of methoxy groups -OCH3 is 2. The van der Waals surface area contributed by atoms with E-state index in [1.165, 1.54) is 31.3 Å². The van der Waals surface area contributed by atoms with Crippen molar-refractivity contribution in [2.24, 2.45) is 0 Å². The van der Waals surface area contributed by atoms with Gasteiger partial charge in [-0.25, -0.2) is 4.79 Å². The molecule has 0 saturated carbocycles. The molecule has 4 rings (SSSR count). The summed E-state index contributed by atoms with van der Waals surface area (Å²) in [6.07, 6.45) is -4.73. The number of carbonyl (C=O) groups excluding carboxylic acids is 1. The molecular formula is C29H27F3N2O6S. The van der Waals surface area contributed by atoms with Gasteiger partial charge in [0.05, 0.1) is 25.0 Å². The Balaban J connectivity index is 1.59. The molecule has 0 heterocycles. The zero-order chi connectivity index (χ0) is 29.6. The van der Waals surface area contributed by atoms with Gasteiger partial charge in [-0.2, -0.15) is 21.6 Å². The lowest BCUT2D eigenvalue weighted by molar-refractivity contribution is -0.137. The quantitative estimate of drug-likeness (QED) is 0.218. The van der Waals surface area contributed by atoms with Gasteiger partial charge in [0.25, 0.3) is 0 Å². The van der Waals surface area contributed by atoms with Crippen molar-refractivity contribution < 1.29 is 40.0 Å². The van der Waals surface area contributed by atoms with Crippen molar-refractivity contribution >= 4 is 32.6 Å². The largest absolute Gasteiger partial charge is 0.493 e. The van der Waals surface area contributed by atoms with E-state index in [9.17, 15) is 26.4 Å². The predicted octanol–water partition coefficient (Wildman–Crippen LogP) is 6.32. The van der Waals surface area contributed by atoms with E-state index < -0.39 is 32.8 Å². The predicted molar refractivity (Wildman–Crippen MR) is 148 cm³/mol. The van der Waals surface area contributed by atoms with E-state index in [0.29, 0.717) is 17.3 Å². The summed E-state index contributed by atoms with van der Waals surface area (Å²) in [6, 6.07) is 20.4. The first-order valence-corrected chi connectivity index (χ1v) is 13.7. The lowest BCUT2D eigenvalue weighted by Crippen LogP contribution is -2.36. The molecule has 0 fully saturated rings. The first-order chi connectivity index (χ1) is 19.5. The molecule has 0 aliphatic heterocycles. The van der Waals surface area contributed by atoms with Crippen LogP contribution in [0.15, 0.2) is 89.8 Å². The van der Waals surface area contributed by atoms with E-state index in [2.05, 4.69) is 5.32 Å². The molecule has 0 unspecified atom stereocenters. The highest BCUT2D eigenvalue weighted by atomic mass is 32.2. The number of ether oxygens (including phenoxy) is 2. The topological polar surface area (TPSA) is 94.2 Å². The summed E-state index contributed by atoms with van der Waals surface area (Å²) < 4.78 is 80.8. The number of benzene rings is 4. The number of fused-ring (bicyclic) bond motifs is 1. The average molecular weight is 589 g/mol. The highest BCUT2D eigenvalue weighted by molar-refractivity contribution is 7.87. The van der Waals surface area contributed by atoms with E-state index in [0.717, 1.165) is 29.0 Å². The maximum atomic E-state index is 13.3. The molecule has 0 bridgehead atoms. The van der Waals surface area contributed by atoms with Gasteiger partial charge in [-0.15, -0.1) is 0 Å². The standard InChI is InChI=1S/C29H27F3N2O6S/c1-38-16-15-34(28(35)33-25-12-5-8-21-7-3-4-11-24(21)25)19-20-13-14-26(39-2)27(17-20)40-41(36,37)23-10-6-9-22(18-23)29(30,31)32/h3-14,17-18H,15-16,19H2,1-2H3,(H,33,35). The molecule has 2 amide bonds. The van der Waals surface area contributed by atoms with E-state index >= 15 is 0 Å². The van der Waals surface area contributed by atoms with Crippen LogP contribution in [0, 0.1) is 0 Å². The fraction of sp³-hybridized carbons (Fsp3) is 0.207. The summed E-state index contributed by atoms with van der Waals surface area (Å²) in [7, 11) is -1.87. The monoisotopic (exact) mass is 588 g/mol. The highest BCUT2D eigenvalue weighted by Gasteiger charge is 2.32. The van der Waals surface area contributed by atoms with Gasteiger partial charge in [-0.3, -0.25) is 0 Å². The molecule has 0 aliphatic rings. The van der Waals surface area contributed by atoms with Crippen LogP contribution in [0.4, 0.5) is 23.7 Å². The Hall–Kier alpha value is -4.29. The second-order valence-electron chi connectivity index (χ2n) is 8.92. The first kappa shape index (κ1) is 29.7. The molecule has 0 atom stereocenters. The molecule has 0 radical (unpaired) electrons. The van der Waals surface area contributed by atoms with Gasteiger partial charge in [-0.05, 0) is 47.3 Å². The fourth-order valence-electron chi connectivity index (χ4n) is 4.08. The minimum Gasteiger partial charge on any atom is -0.493 e. The van der Waals surface area contributed by atoms with Crippen molar-refractivity contribution in [3.63, 3.8) is 0 Å². The summed E-state index contributed by atoms with van der Waals surface area (Å²) in [5, 5.41) is 4.72. The summed E-state index contributed by atoms with van der Waals surface area (Å²) >= 11 is 0. The molecule has 4 aromatic rings. The number of nitrogens with zero attached hydrogens (tertiary/aromatic N) is 1. The maximum absolute atomic E-state index is 13.3. The molecule has 4 aromatic carbocycles. The number of carbonyl (C=O) groups is 1. The van der Waals surface area contributed by atoms with Crippen LogP contribution >= 0.6 is 0 Å². The zero-order valence-corrected chi connectivity index (χ0v) is 23.0. The number of rotatable bonds is 10. The van der Waals surface area contributed by atoms with E-state index in [1.807, 2.05) is 36.4 Å². The fourth-order valence-corrected chi connectivity index (χ4v) is 5.06.